The van der Waals surface area contributed by atoms with Crippen LogP contribution in [0, 0.1) is 0 Å². The Labute approximate surface area is 88.2 Å². The molecule has 3 aromatic heterocycles. The highest BCUT2D eigenvalue weighted by atomic mass is 32.1. The molecule has 0 spiro atoms. The van der Waals surface area contributed by atoms with Crippen LogP contribution in [0.15, 0.2) is 24.7 Å². The van der Waals surface area contributed by atoms with Crippen molar-refractivity contribution in [2.75, 3.05) is 0 Å². The summed E-state index contributed by atoms with van der Waals surface area (Å²) in [5.74, 6) is -0.463. The van der Waals surface area contributed by atoms with E-state index in [1.165, 1.54) is 17.5 Å². The molecule has 0 aromatic carbocycles. The third-order valence-electron chi connectivity index (χ3n) is 2.15. The van der Waals surface area contributed by atoms with E-state index in [-0.39, 0.29) is 0 Å². The lowest BCUT2D eigenvalue weighted by Gasteiger charge is -1.94. The van der Waals surface area contributed by atoms with Gasteiger partial charge in [0.05, 0.1) is 10.3 Å². The van der Waals surface area contributed by atoms with Crippen LogP contribution in [-0.4, -0.2) is 20.3 Å². The maximum atomic E-state index is 11.0. The number of imidazole rings is 1. The van der Waals surface area contributed by atoms with E-state index in [0.717, 1.165) is 15.3 Å². The van der Waals surface area contributed by atoms with Crippen molar-refractivity contribution in [1.82, 2.24) is 14.4 Å². The lowest BCUT2D eigenvalue weighted by Crippen LogP contribution is -2.10. The van der Waals surface area contributed by atoms with Crippen molar-refractivity contribution in [3.8, 4) is 0 Å². The number of rotatable bonds is 1. The highest BCUT2D eigenvalue weighted by molar-refractivity contribution is 7.23. The summed E-state index contributed by atoms with van der Waals surface area (Å²) in [4.78, 5) is 20.2. The molecule has 0 aliphatic rings. The molecule has 0 aliphatic carbocycles. The molecule has 6 heteroatoms. The summed E-state index contributed by atoms with van der Waals surface area (Å²) in [6, 6.07) is 1.74. The van der Waals surface area contributed by atoms with Crippen molar-refractivity contribution in [2.45, 2.75) is 0 Å². The molecule has 0 saturated carbocycles. The van der Waals surface area contributed by atoms with Gasteiger partial charge in [-0.15, -0.1) is 0 Å². The van der Waals surface area contributed by atoms with Gasteiger partial charge in [0, 0.05) is 18.6 Å². The topological polar surface area (TPSA) is 73.3 Å². The number of thiazole rings is 1. The van der Waals surface area contributed by atoms with E-state index < -0.39 is 5.91 Å². The molecular formula is C9H6N4OS. The minimum absolute atomic E-state index is 0.423. The summed E-state index contributed by atoms with van der Waals surface area (Å²) in [5, 5.41) is 0. The summed E-state index contributed by atoms with van der Waals surface area (Å²) in [6.07, 6.45) is 5.04. The van der Waals surface area contributed by atoms with Crippen LogP contribution >= 0.6 is 11.3 Å². The van der Waals surface area contributed by atoms with E-state index in [4.69, 9.17) is 5.73 Å². The van der Waals surface area contributed by atoms with E-state index in [9.17, 15) is 4.79 Å². The Hall–Kier alpha value is -1.95. The zero-order chi connectivity index (χ0) is 10.4. The summed E-state index contributed by atoms with van der Waals surface area (Å²) in [5.41, 5.74) is 6.40. The number of amides is 1. The summed E-state index contributed by atoms with van der Waals surface area (Å²) in [6.45, 7) is 0. The largest absolute Gasteiger partial charge is 0.366 e. The Morgan fingerprint density at radius 3 is 3.13 bits per heavy atom. The van der Waals surface area contributed by atoms with E-state index in [2.05, 4.69) is 9.97 Å². The van der Waals surface area contributed by atoms with Gasteiger partial charge in [-0.05, 0) is 6.07 Å². The molecule has 3 heterocycles. The van der Waals surface area contributed by atoms with Crippen LogP contribution in [0.3, 0.4) is 0 Å². The molecule has 3 aromatic rings. The van der Waals surface area contributed by atoms with Gasteiger partial charge in [0.1, 0.15) is 0 Å². The van der Waals surface area contributed by atoms with Gasteiger partial charge in [0.25, 0.3) is 0 Å². The van der Waals surface area contributed by atoms with Crippen LogP contribution in [0.25, 0.3) is 15.3 Å². The van der Waals surface area contributed by atoms with E-state index >= 15 is 0 Å². The van der Waals surface area contributed by atoms with Crippen LogP contribution in [-0.2, 0) is 0 Å². The molecular weight excluding hydrogens is 212 g/mol. The second kappa shape index (κ2) is 2.77. The molecule has 2 N–H and O–H groups in total. The van der Waals surface area contributed by atoms with Gasteiger partial charge in [-0.1, -0.05) is 11.3 Å². The smallest absolute Gasteiger partial charge is 0.250 e. The maximum absolute atomic E-state index is 11.0. The number of hydrogen-bond acceptors (Lipinski definition) is 4. The lowest BCUT2D eigenvalue weighted by atomic mass is 10.3. The molecule has 0 atom stereocenters. The number of primary amides is 1. The molecule has 3 rings (SSSR count). The van der Waals surface area contributed by atoms with Gasteiger partial charge < -0.3 is 5.73 Å². The maximum Gasteiger partial charge on any atom is 0.250 e. The average Bonchev–Trinajstić information content (AvgIpc) is 2.75. The predicted octanol–water partition coefficient (Wildman–Crippen LogP) is 1.04. The van der Waals surface area contributed by atoms with Crippen molar-refractivity contribution < 1.29 is 4.79 Å². The number of nitrogens with two attached hydrogens (primary N) is 1. The summed E-state index contributed by atoms with van der Waals surface area (Å²) in [7, 11) is 0. The predicted molar refractivity (Wildman–Crippen MR) is 56.9 cm³/mol. The second-order valence-electron chi connectivity index (χ2n) is 3.09. The lowest BCUT2D eigenvalue weighted by molar-refractivity contribution is 0.1000. The third-order valence-corrected chi connectivity index (χ3v) is 3.16. The van der Waals surface area contributed by atoms with Crippen LogP contribution in [0.2, 0.25) is 0 Å². The van der Waals surface area contributed by atoms with E-state index in [1.807, 2.05) is 10.6 Å². The molecule has 0 aliphatic heterocycles. The molecule has 0 saturated heterocycles. The molecule has 15 heavy (non-hydrogen) atoms. The molecule has 0 unspecified atom stereocenters. The zero-order valence-corrected chi connectivity index (χ0v) is 8.36. The number of carbonyl (C=O) groups excluding carboxylic acids is 1. The molecule has 5 nitrogen and oxygen atoms in total. The van der Waals surface area contributed by atoms with E-state index in [1.54, 1.807) is 12.3 Å². The Bertz CT molecular complexity index is 669. The first-order valence-corrected chi connectivity index (χ1v) is 5.09. The van der Waals surface area contributed by atoms with E-state index in [0.29, 0.717) is 5.56 Å². The normalized spacial score (nSPS) is 11.2. The number of hydrogen-bond donors (Lipinski definition) is 1. The number of carbonyl (C=O) groups is 1. The quantitative estimate of drug-likeness (QED) is 0.663. The monoisotopic (exact) mass is 218 g/mol. The molecule has 1 amide bonds. The van der Waals surface area contributed by atoms with Gasteiger partial charge in [0.15, 0.2) is 10.6 Å². The SMILES string of the molecule is NC(=O)c1cnc2c(c1)sc1nccn12. The average molecular weight is 218 g/mol. The summed E-state index contributed by atoms with van der Waals surface area (Å²) < 4.78 is 2.79. The Balaban J connectivity index is 2.40. The number of nitrogens with zero attached hydrogens (tertiary/aromatic N) is 3. The minimum atomic E-state index is -0.463. The Morgan fingerprint density at radius 2 is 2.33 bits per heavy atom. The first kappa shape index (κ1) is 8.37. The fraction of sp³-hybridized carbons (Fsp3) is 0. The van der Waals surface area contributed by atoms with Gasteiger partial charge in [-0.2, -0.15) is 0 Å². The molecule has 0 fully saturated rings. The third kappa shape index (κ3) is 1.11. The Morgan fingerprint density at radius 1 is 1.47 bits per heavy atom. The highest BCUT2D eigenvalue weighted by Crippen LogP contribution is 2.24. The minimum Gasteiger partial charge on any atom is -0.366 e. The Kier molecular flexibility index (Phi) is 1.54. The number of fused-ring (bicyclic) bond motifs is 3. The van der Waals surface area contributed by atoms with Gasteiger partial charge in [-0.25, -0.2) is 9.97 Å². The summed E-state index contributed by atoms with van der Waals surface area (Å²) >= 11 is 1.48. The number of aromatic nitrogens is 3. The van der Waals surface area contributed by atoms with Crippen molar-refractivity contribution in [2.24, 2.45) is 5.73 Å². The van der Waals surface area contributed by atoms with Crippen LogP contribution in [0.5, 0.6) is 0 Å². The molecule has 0 radical (unpaired) electrons. The van der Waals surface area contributed by atoms with Gasteiger partial charge in [0.2, 0.25) is 5.91 Å². The fourth-order valence-corrected chi connectivity index (χ4v) is 2.44. The van der Waals surface area contributed by atoms with Crippen molar-refractivity contribution in [1.29, 1.82) is 0 Å². The van der Waals surface area contributed by atoms with Gasteiger partial charge >= 0.3 is 0 Å². The zero-order valence-electron chi connectivity index (χ0n) is 7.54. The number of pyridine rings is 1. The van der Waals surface area contributed by atoms with Crippen molar-refractivity contribution in [3.05, 3.63) is 30.2 Å². The first-order valence-electron chi connectivity index (χ1n) is 4.27. The standard InChI is InChI=1S/C9H6N4OS/c10-7(14)5-3-6-8(12-4-5)13-2-1-11-9(13)15-6/h1-4H,(H2,10,14). The molecule has 0 bridgehead atoms. The highest BCUT2D eigenvalue weighted by Gasteiger charge is 2.08. The first-order chi connectivity index (χ1) is 7.25. The molecule has 74 valence electrons. The van der Waals surface area contributed by atoms with Crippen LogP contribution in [0.1, 0.15) is 10.4 Å². The van der Waals surface area contributed by atoms with Crippen molar-refractivity contribution in [3.63, 3.8) is 0 Å². The van der Waals surface area contributed by atoms with Crippen LogP contribution in [0.4, 0.5) is 0 Å². The van der Waals surface area contributed by atoms with Gasteiger partial charge in [-0.3, -0.25) is 9.20 Å². The van der Waals surface area contributed by atoms with Crippen molar-refractivity contribution >= 4 is 32.6 Å². The van der Waals surface area contributed by atoms with Crippen LogP contribution < -0.4 is 5.73 Å². The fourth-order valence-electron chi connectivity index (χ4n) is 1.45. The second-order valence-corrected chi connectivity index (χ2v) is 4.10.